The highest BCUT2D eigenvalue weighted by atomic mass is 16.7. The van der Waals surface area contributed by atoms with Crippen LogP contribution in [-0.2, 0) is 6.54 Å². The molecule has 1 aromatic carbocycles. The average molecular weight is 275 g/mol. The van der Waals surface area contributed by atoms with E-state index >= 15 is 0 Å². The zero-order chi connectivity index (χ0) is 13.9. The standard InChI is InChI=1S/C15H21N3O2/c1-3-16-15(18-12-7-10(12)2)17-8-11-5-4-6-13-14(11)20-9-19-13/h4-6,10,12H,3,7-9H2,1-2H3,(H2,16,17,18). The zero-order valence-corrected chi connectivity index (χ0v) is 12.0. The van der Waals surface area contributed by atoms with E-state index in [1.165, 1.54) is 6.42 Å². The van der Waals surface area contributed by atoms with Crippen molar-refractivity contribution in [2.75, 3.05) is 13.3 Å². The molecule has 0 spiro atoms. The van der Waals surface area contributed by atoms with Crippen LogP contribution in [0.2, 0.25) is 0 Å². The molecule has 2 unspecified atom stereocenters. The van der Waals surface area contributed by atoms with E-state index in [9.17, 15) is 0 Å². The molecule has 1 aromatic rings. The van der Waals surface area contributed by atoms with Gasteiger partial charge in [-0.1, -0.05) is 19.1 Å². The Labute approximate surface area is 119 Å². The van der Waals surface area contributed by atoms with Crippen molar-refractivity contribution in [3.05, 3.63) is 23.8 Å². The number of nitrogens with one attached hydrogen (secondary N) is 2. The molecular weight excluding hydrogens is 254 g/mol. The first-order valence-corrected chi connectivity index (χ1v) is 7.20. The van der Waals surface area contributed by atoms with Crippen LogP contribution in [0.4, 0.5) is 0 Å². The van der Waals surface area contributed by atoms with E-state index in [1.807, 2.05) is 18.2 Å². The second-order valence-corrected chi connectivity index (χ2v) is 5.31. The number of guanidine groups is 1. The second kappa shape index (κ2) is 5.61. The summed E-state index contributed by atoms with van der Waals surface area (Å²) < 4.78 is 10.9. The SMILES string of the molecule is CCNC(=NCc1cccc2c1OCO2)NC1CC1C. The number of hydrogen-bond acceptors (Lipinski definition) is 3. The summed E-state index contributed by atoms with van der Waals surface area (Å²) in [4.78, 5) is 4.63. The molecule has 0 radical (unpaired) electrons. The van der Waals surface area contributed by atoms with Gasteiger partial charge in [-0.15, -0.1) is 0 Å². The molecule has 1 heterocycles. The van der Waals surface area contributed by atoms with Crippen LogP contribution in [-0.4, -0.2) is 25.3 Å². The summed E-state index contributed by atoms with van der Waals surface area (Å²) >= 11 is 0. The predicted octanol–water partition coefficient (Wildman–Crippen LogP) is 1.88. The number of nitrogens with zero attached hydrogens (tertiary/aromatic N) is 1. The fraction of sp³-hybridized carbons (Fsp3) is 0.533. The van der Waals surface area contributed by atoms with Gasteiger partial charge in [-0.05, 0) is 25.3 Å². The Balaban J connectivity index is 1.69. The van der Waals surface area contributed by atoms with Crippen molar-refractivity contribution in [2.24, 2.45) is 10.9 Å². The second-order valence-electron chi connectivity index (χ2n) is 5.31. The molecule has 5 heteroatoms. The minimum atomic E-state index is 0.300. The highest BCUT2D eigenvalue weighted by Gasteiger charge is 2.33. The molecule has 0 saturated heterocycles. The molecule has 2 atom stereocenters. The molecule has 1 aliphatic heterocycles. The maximum absolute atomic E-state index is 5.50. The van der Waals surface area contributed by atoms with Crippen LogP contribution >= 0.6 is 0 Å². The molecule has 20 heavy (non-hydrogen) atoms. The topological polar surface area (TPSA) is 54.9 Å². The highest BCUT2D eigenvalue weighted by Crippen LogP contribution is 2.35. The summed E-state index contributed by atoms with van der Waals surface area (Å²) in [6.45, 7) is 6.07. The van der Waals surface area contributed by atoms with Crippen LogP contribution in [0.1, 0.15) is 25.8 Å². The molecule has 0 amide bonds. The summed E-state index contributed by atoms with van der Waals surface area (Å²) in [5, 5.41) is 6.73. The summed E-state index contributed by atoms with van der Waals surface area (Å²) in [7, 11) is 0. The molecule has 2 N–H and O–H groups in total. The van der Waals surface area contributed by atoms with E-state index in [1.54, 1.807) is 0 Å². The minimum Gasteiger partial charge on any atom is -0.454 e. The summed E-state index contributed by atoms with van der Waals surface area (Å²) in [5.74, 6) is 3.26. The third-order valence-corrected chi connectivity index (χ3v) is 3.66. The minimum absolute atomic E-state index is 0.300. The van der Waals surface area contributed by atoms with E-state index in [-0.39, 0.29) is 0 Å². The van der Waals surface area contributed by atoms with Crippen molar-refractivity contribution in [1.82, 2.24) is 10.6 Å². The van der Waals surface area contributed by atoms with Crippen LogP contribution in [0, 0.1) is 5.92 Å². The Morgan fingerprint density at radius 1 is 1.40 bits per heavy atom. The van der Waals surface area contributed by atoms with Gasteiger partial charge in [0.25, 0.3) is 0 Å². The fourth-order valence-electron chi connectivity index (χ4n) is 2.30. The van der Waals surface area contributed by atoms with Gasteiger partial charge in [-0.2, -0.15) is 0 Å². The lowest BCUT2D eigenvalue weighted by molar-refractivity contribution is 0.173. The maximum atomic E-state index is 5.50. The predicted molar refractivity (Wildman–Crippen MR) is 78.1 cm³/mol. The van der Waals surface area contributed by atoms with Gasteiger partial charge in [0.05, 0.1) is 6.54 Å². The Kier molecular flexibility index (Phi) is 3.67. The smallest absolute Gasteiger partial charge is 0.231 e. The molecule has 1 aliphatic carbocycles. The van der Waals surface area contributed by atoms with E-state index in [0.717, 1.165) is 35.5 Å². The molecule has 108 valence electrons. The van der Waals surface area contributed by atoms with Gasteiger partial charge in [0, 0.05) is 18.2 Å². The van der Waals surface area contributed by atoms with Crippen LogP contribution in [0.15, 0.2) is 23.2 Å². The first-order valence-electron chi connectivity index (χ1n) is 7.20. The van der Waals surface area contributed by atoms with Crippen LogP contribution in [0.25, 0.3) is 0 Å². The Morgan fingerprint density at radius 2 is 2.25 bits per heavy atom. The van der Waals surface area contributed by atoms with Crippen molar-refractivity contribution >= 4 is 5.96 Å². The van der Waals surface area contributed by atoms with E-state index in [2.05, 4.69) is 29.5 Å². The number of rotatable bonds is 4. The number of ether oxygens (including phenoxy) is 2. The van der Waals surface area contributed by atoms with Gasteiger partial charge >= 0.3 is 0 Å². The lowest BCUT2D eigenvalue weighted by atomic mass is 10.2. The molecule has 3 rings (SSSR count). The molecule has 5 nitrogen and oxygen atoms in total. The van der Waals surface area contributed by atoms with Gasteiger partial charge in [-0.3, -0.25) is 0 Å². The maximum Gasteiger partial charge on any atom is 0.231 e. The van der Waals surface area contributed by atoms with Crippen LogP contribution < -0.4 is 20.1 Å². The molecule has 2 aliphatic rings. The third kappa shape index (κ3) is 2.81. The van der Waals surface area contributed by atoms with Crippen LogP contribution in [0.5, 0.6) is 11.5 Å². The quantitative estimate of drug-likeness (QED) is 0.651. The summed E-state index contributed by atoms with van der Waals surface area (Å²) in [6, 6.07) is 6.49. The van der Waals surface area contributed by atoms with Crippen LogP contribution in [0.3, 0.4) is 0 Å². The number of fused-ring (bicyclic) bond motifs is 1. The first kappa shape index (κ1) is 13.1. The normalized spacial score (nSPS) is 23.6. The van der Waals surface area contributed by atoms with Crippen molar-refractivity contribution in [3.63, 3.8) is 0 Å². The van der Waals surface area contributed by atoms with E-state index < -0.39 is 0 Å². The van der Waals surface area contributed by atoms with Gasteiger partial charge in [0.1, 0.15) is 0 Å². The van der Waals surface area contributed by atoms with Crippen molar-refractivity contribution in [1.29, 1.82) is 0 Å². The summed E-state index contributed by atoms with van der Waals surface area (Å²) in [6.07, 6.45) is 1.22. The van der Waals surface area contributed by atoms with Crippen molar-refractivity contribution in [2.45, 2.75) is 32.9 Å². The number of para-hydroxylation sites is 1. The first-order chi connectivity index (χ1) is 9.78. The van der Waals surface area contributed by atoms with E-state index in [4.69, 9.17) is 9.47 Å². The molecular formula is C15H21N3O2. The van der Waals surface area contributed by atoms with Gasteiger partial charge in [0.2, 0.25) is 6.79 Å². The largest absolute Gasteiger partial charge is 0.454 e. The Bertz CT molecular complexity index is 516. The Morgan fingerprint density at radius 3 is 3.00 bits per heavy atom. The molecule has 0 bridgehead atoms. The Hall–Kier alpha value is -1.91. The molecule has 1 saturated carbocycles. The highest BCUT2D eigenvalue weighted by molar-refractivity contribution is 5.80. The van der Waals surface area contributed by atoms with Gasteiger partial charge in [0.15, 0.2) is 17.5 Å². The number of aliphatic imine (C=N–C) groups is 1. The van der Waals surface area contributed by atoms with E-state index in [0.29, 0.717) is 19.4 Å². The monoisotopic (exact) mass is 275 g/mol. The fourth-order valence-corrected chi connectivity index (χ4v) is 2.30. The average Bonchev–Trinajstić information content (AvgIpc) is 2.94. The molecule has 1 fully saturated rings. The lowest BCUT2D eigenvalue weighted by Gasteiger charge is -2.11. The van der Waals surface area contributed by atoms with Crippen molar-refractivity contribution < 1.29 is 9.47 Å². The lowest BCUT2D eigenvalue weighted by Crippen LogP contribution is -2.39. The van der Waals surface area contributed by atoms with Gasteiger partial charge < -0.3 is 20.1 Å². The number of hydrogen-bond donors (Lipinski definition) is 2. The zero-order valence-electron chi connectivity index (χ0n) is 12.0. The number of benzene rings is 1. The summed E-state index contributed by atoms with van der Waals surface area (Å²) in [5.41, 5.74) is 1.06. The molecule has 0 aromatic heterocycles. The third-order valence-electron chi connectivity index (χ3n) is 3.66. The van der Waals surface area contributed by atoms with Crippen molar-refractivity contribution in [3.8, 4) is 11.5 Å². The van der Waals surface area contributed by atoms with Gasteiger partial charge in [-0.25, -0.2) is 4.99 Å².